The van der Waals surface area contributed by atoms with Gasteiger partial charge in [0.1, 0.15) is 0 Å². The number of carbonyl (C=O) groups is 2. The molecule has 2 amide bonds. The number of rotatable bonds is 5. The zero-order valence-electron chi connectivity index (χ0n) is 8.83. The Morgan fingerprint density at radius 1 is 1.29 bits per heavy atom. The summed E-state index contributed by atoms with van der Waals surface area (Å²) in [6, 6.07) is -0.229. The first-order valence-corrected chi connectivity index (χ1v) is 4.69. The molecule has 0 heterocycles. The van der Waals surface area contributed by atoms with Gasteiger partial charge in [-0.1, -0.05) is 13.8 Å². The number of nitrogens with one attached hydrogen (secondary N) is 2. The van der Waals surface area contributed by atoms with Crippen LogP contribution < -0.4 is 10.6 Å². The molecule has 3 N–H and O–H groups in total. The molecule has 0 radical (unpaired) electrons. The minimum Gasteiger partial charge on any atom is -0.481 e. The van der Waals surface area contributed by atoms with Crippen LogP contribution in [0.1, 0.15) is 27.2 Å². The first-order chi connectivity index (χ1) is 6.43. The number of carboxylic acids is 1. The van der Waals surface area contributed by atoms with E-state index in [2.05, 4.69) is 10.6 Å². The number of hydrogen-bond acceptors (Lipinski definition) is 2. The molecular formula is C9H18N2O3. The zero-order chi connectivity index (χ0) is 11.1. The highest BCUT2D eigenvalue weighted by atomic mass is 16.4. The number of amides is 2. The van der Waals surface area contributed by atoms with Gasteiger partial charge in [-0.25, -0.2) is 4.79 Å². The summed E-state index contributed by atoms with van der Waals surface area (Å²) in [6.45, 7) is 6.07. The van der Waals surface area contributed by atoms with Gasteiger partial charge < -0.3 is 15.7 Å². The fraction of sp³-hybridized carbons (Fsp3) is 0.778. The van der Waals surface area contributed by atoms with Crippen LogP contribution in [0.15, 0.2) is 0 Å². The minimum absolute atomic E-state index is 0.0521. The molecule has 1 atom stereocenters. The largest absolute Gasteiger partial charge is 0.481 e. The number of aliphatic carboxylic acids is 1. The van der Waals surface area contributed by atoms with Crippen molar-refractivity contribution in [1.82, 2.24) is 10.6 Å². The molecular weight excluding hydrogens is 184 g/mol. The van der Waals surface area contributed by atoms with Crippen molar-refractivity contribution in [1.29, 1.82) is 0 Å². The number of carboxylic acid groups (broad SMARTS) is 1. The SMILES string of the molecule is CC(C)[C@@H](C)NC(=O)NCCC(=O)O. The monoisotopic (exact) mass is 202 g/mol. The van der Waals surface area contributed by atoms with Crippen LogP contribution in [-0.4, -0.2) is 29.7 Å². The van der Waals surface area contributed by atoms with Crippen LogP contribution in [0, 0.1) is 5.92 Å². The summed E-state index contributed by atoms with van der Waals surface area (Å²) in [5, 5.41) is 13.5. The number of urea groups is 1. The molecule has 0 saturated carbocycles. The third kappa shape index (κ3) is 6.28. The summed E-state index contributed by atoms with van der Waals surface area (Å²) >= 11 is 0. The molecule has 0 unspecified atom stereocenters. The topological polar surface area (TPSA) is 78.4 Å². The van der Waals surface area contributed by atoms with Crippen LogP contribution in [0.25, 0.3) is 0 Å². The van der Waals surface area contributed by atoms with Crippen molar-refractivity contribution in [3.63, 3.8) is 0 Å². The second-order valence-electron chi connectivity index (χ2n) is 3.58. The molecule has 5 heteroatoms. The van der Waals surface area contributed by atoms with Crippen molar-refractivity contribution >= 4 is 12.0 Å². The Morgan fingerprint density at radius 3 is 2.29 bits per heavy atom. The molecule has 0 spiro atoms. The molecule has 0 aliphatic rings. The van der Waals surface area contributed by atoms with E-state index in [1.165, 1.54) is 0 Å². The van der Waals surface area contributed by atoms with E-state index >= 15 is 0 Å². The highest BCUT2D eigenvalue weighted by molar-refractivity contribution is 5.75. The summed E-state index contributed by atoms with van der Waals surface area (Å²) in [7, 11) is 0. The Hall–Kier alpha value is -1.26. The number of hydrogen-bond donors (Lipinski definition) is 3. The number of carbonyl (C=O) groups excluding carboxylic acids is 1. The fourth-order valence-electron chi connectivity index (χ4n) is 0.707. The quantitative estimate of drug-likeness (QED) is 0.617. The van der Waals surface area contributed by atoms with E-state index in [0.29, 0.717) is 5.92 Å². The van der Waals surface area contributed by atoms with Crippen LogP contribution in [-0.2, 0) is 4.79 Å². The molecule has 0 bridgehead atoms. The Bertz CT molecular complexity index is 204. The predicted molar refractivity (Wildman–Crippen MR) is 53.1 cm³/mol. The van der Waals surface area contributed by atoms with E-state index in [4.69, 9.17) is 5.11 Å². The Labute approximate surface area is 83.9 Å². The lowest BCUT2D eigenvalue weighted by atomic mass is 10.1. The van der Waals surface area contributed by atoms with Gasteiger partial charge in [0.25, 0.3) is 0 Å². The van der Waals surface area contributed by atoms with Gasteiger partial charge in [0.05, 0.1) is 6.42 Å². The highest BCUT2D eigenvalue weighted by Gasteiger charge is 2.09. The van der Waals surface area contributed by atoms with Crippen LogP contribution in [0.3, 0.4) is 0 Å². The van der Waals surface area contributed by atoms with Crippen molar-refractivity contribution in [3.8, 4) is 0 Å². The predicted octanol–water partition coefficient (Wildman–Crippen LogP) is 0.805. The third-order valence-corrected chi connectivity index (χ3v) is 1.98. The lowest BCUT2D eigenvalue weighted by molar-refractivity contribution is -0.136. The van der Waals surface area contributed by atoms with Gasteiger partial charge in [0.2, 0.25) is 0 Å². The lowest BCUT2D eigenvalue weighted by Gasteiger charge is -2.17. The molecule has 0 saturated heterocycles. The molecule has 0 aromatic heterocycles. The van der Waals surface area contributed by atoms with Crippen LogP contribution in [0.4, 0.5) is 4.79 Å². The van der Waals surface area contributed by atoms with Crippen LogP contribution in [0.5, 0.6) is 0 Å². The van der Waals surface area contributed by atoms with Crippen LogP contribution in [0.2, 0.25) is 0 Å². The van der Waals surface area contributed by atoms with Gasteiger partial charge in [-0.05, 0) is 12.8 Å². The summed E-state index contributed by atoms with van der Waals surface area (Å²) in [5.74, 6) is -0.553. The van der Waals surface area contributed by atoms with Crippen molar-refractivity contribution in [2.24, 2.45) is 5.92 Å². The smallest absolute Gasteiger partial charge is 0.315 e. The van der Waals surface area contributed by atoms with Crippen molar-refractivity contribution < 1.29 is 14.7 Å². The lowest BCUT2D eigenvalue weighted by Crippen LogP contribution is -2.43. The average molecular weight is 202 g/mol. The molecule has 0 rings (SSSR count). The van der Waals surface area contributed by atoms with Crippen molar-refractivity contribution in [3.05, 3.63) is 0 Å². The Balaban J connectivity index is 3.60. The second kappa shape index (κ2) is 6.23. The molecule has 5 nitrogen and oxygen atoms in total. The van der Waals surface area contributed by atoms with Gasteiger partial charge >= 0.3 is 12.0 Å². The van der Waals surface area contributed by atoms with Gasteiger partial charge in [-0.15, -0.1) is 0 Å². The second-order valence-corrected chi connectivity index (χ2v) is 3.58. The molecule has 0 aromatic rings. The maximum absolute atomic E-state index is 11.1. The third-order valence-electron chi connectivity index (χ3n) is 1.98. The standard InChI is InChI=1S/C9H18N2O3/c1-6(2)7(3)11-9(14)10-5-4-8(12)13/h6-7H,4-5H2,1-3H3,(H,12,13)(H2,10,11,14)/t7-/m1/s1. The first-order valence-electron chi connectivity index (χ1n) is 4.69. The summed E-state index contributed by atoms with van der Waals surface area (Å²) < 4.78 is 0. The fourth-order valence-corrected chi connectivity index (χ4v) is 0.707. The van der Waals surface area contributed by atoms with E-state index in [9.17, 15) is 9.59 Å². The minimum atomic E-state index is -0.915. The van der Waals surface area contributed by atoms with Crippen molar-refractivity contribution in [2.75, 3.05) is 6.54 Å². The van der Waals surface area contributed by atoms with Crippen LogP contribution >= 0.6 is 0 Å². The van der Waals surface area contributed by atoms with Gasteiger partial charge in [0, 0.05) is 12.6 Å². The van der Waals surface area contributed by atoms with E-state index in [-0.39, 0.29) is 25.0 Å². The molecule has 0 aliphatic heterocycles. The normalized spacial score (nSPS) is 12.3. The van der Waals surface area contributed by atoms with E-state index < -0.39 is 5.97 Å². The summed E-state index contributed by atoms with van der Waals surface area (Å²) in [5.41, 5.74) is 0. The Kier molecular flexibility index (Phi) is 5.67. The highest BCUT2D eigenvalue weighted by Crippen LogP contribution is 1.98. The molecule has 0 fully saturated rings. The van der Waals surface area contributed by atoms with Gasteiger partial charge in [-0.3, -0.25) is 4.79 Å². The molecule has 0 aromatic carbocycles. The molecule has 14 heavy (non-hydrogen) atoms. The van der Waals surface area contributed by atoms with Gasteiger partial charge in [-0.2, -0.15) is 0 Å². The maximum atomic E-state index is 11.1. The van der Waals surface area contributed by atoms with E-state index in [1.807, 2.05) is 20.8 Å². The van der Waals surface area contributed by atoms with E-state index in [1.54, 1.807) is 0 Å². The molecule has 0 aliphatic carbocycles. The van der Waals surface area contributed by atoms with Gasteiger partial charge in [0.15, 0.2) is 0 Å². The average Bonchev–Trinajstić information content (AvgIpc) is 2.02. The zero-order valence-corrected chi connectivity index (χ0v) is 8.83. The molecule has 82 valence electrons. The van der Waals surface area contributed by atoms with Crippen molar-refractivity contribution in [2.45, 2.75) is 33.2 Å². The summed E-state index contributed by atoms with van der Waals surface area (Å²) in [6.07, 6.45) is -0.0521. The summed E-state index contributed by atoms with van der Waals surface area (Å²) in [4.78, 5) is 21.3. The van der Waals surface area contributed by atoms with E-state index in [0.717, 1.165) is 0 Å². The maximum Gasteiger partial charge on any atom is 0.315 e. The Morgan fingerprint density at radius 2 is 1.86 bits per heavy atom. The first kappa shape index (κ1) is 12.7.